The van der Waals surface area contributed by atoms with Crippen LogP contribution >= 0.6 is 0 Å². The lowest BCUT2D eigenvalue weighted by atomic mass is 9.98. The fourth-order valence-electron chi connectivity index (χ4n) is 3.31. The number of carbonyl (C=O) groups is 2. The molecule has 27 heavy (non-hydrogen) atoms. The van der Waals surface area contributed by atoms with E-state index < -0.39 is 0 Å². The number of benzene rings is 2. The van der Waals surface area contributed by atoms with Crippen molar-refractivity contribution in [2.45, 2.75) is 19.8 Å². The number of nitrogens with zero attached hydrogens (tertiary/aromatic N) is 2. The Labute approximate surface area is 161 Å². The van der Waals surface area contributed by atoms with Crippen LogP contribution in [0.3, 0.4) is 0 Å². The molecule has 0 aromatic heterocycles. The summed E-state index contributed by atoms with van der Waals surface area (Å²) in [4.78, 5) is 28.9. The lowest BCUT2D eigenvalue weighted by Gasteiger charge is -2.30. The van der Waals surface area contributed by atoms with Crippen LogP contribution in [0.2, 0.25) is 0 Å². The van der Waals surface area contributed by atoms with E-state index in [1.807, 2.05) is 65.4 Å². The first-order chi connectivity index (χ1) is 13.0. The van der Waals surface area contributed by atoms with E-state index in [9.17, 15) is 9.59 Å². The fourth-order valence-corrected chi connectivity index (χ4v) is 3.31. The first-order valence-corrected chi connectivity index (χ1v) is 9.48. The van der Waals surface area contributed by atoms with Crippen LogP contribution < -0.4 is 10.2 Å². The molecule has 1 heterocycles. The normalized spacial score (nSPS) is 14.7. The Balaban J connectivity index is 1.60. The molecule has 142 valence electrons. The number of hydrogen-bond acceptors (Lipinski definition) is 3. The molecule has 2 amide bonds. The second-order valence-electron chi connectivity index (χ2n) is 7.30. The highest BCUT2D eigenvalue weighted by atomic mass is 16.2. The van der Waals surface area contributed by atoms with Crippen LogP contribution in [0.25, 0.3) is 0 Å². The SMILES string of the molecule is CC1CCN(C(=O)c2cccc(NC(=O)CN(C)c3ccccc3)c2)CC1. The van der Waals surface area contributed by atoms with Crippen LogP contribution in [-0.4, -0.2) is 43.4 Å². The van der Waals surface area contributed by atoms with E-state index in [0.717, 1.165) is 31.6 Å². The fraction of sp³-hybridized carbons (Fsp3) is 0.364. The third kappa shape index (κ3) is 5.09. The highest BCUT2D eigenvalue weighted by Crippen LogP contribution is 2.20. The van der Waals surface area contributed by atoms with E-state index >= 15 is 0 Å². The van der Waals surface area contributed by atoms with Gasteiger partial charge in [-0.2, -0.15) is 0 Å². The van der Waals surface area contributed by atoms with E-state index in [1.54, 1.807) is 6.07 Å². The average molecular weight is 365 g/mol. The average Bonchev–Trinajstić information content (AvgIpc) is 2.69. The van der Waals surface area contributed by atoms with Crippen LogP contribution in [0, 0.1) is 5.92 Å². The predicted molar refractivity (Wildman–Crippen MR) is 109 cm³/mol. The number of hydrogen-bond donors (Lipinski definition) is 1. The molecule has 1 aliphatic rings. The molecule has 1 aliphatic heterocycles. The van der Waals surface area contributed by atoms with Crippen molar-refractivity contribution in [3.05, 3.63) is 60.2 Å². The van der Waals surface area contributed by atoms with Gasteiger partial charge < -0.3 is 15.1 Å². The quantitative estimate of drug-likeness (QED) is 0.880. The minimum absolute atomic E-state index is 0.0411. The topological polar surface area (TPSA) is 52.7 Å². The van der Waals surface area contributed by atoms with Gasteiger partial charge in [-0.1, -0.05) is 31.2 Å². The van der Waals surface area contributed by atoms with Crippen molar-refractivity contribution in [2.24, 2.45) is 5.92 Å². The summed E-state index contributed by atoms with van der Waals surface area (Å²) < 4.78 is 0. The van der Waals surface area contributed by atoms with Gasteiger partial charge in [-0.05, 0) is 49.1 Å². The highest BCUT2D eigenvalue weighted by molar-refractivity contribution is 5.98. The van der Waals surface area contributed by atoms with Gasteiger partial charge >= 0.3 is 0 Å². The van der Waals surface area contributed by atoms with Crippen LogP contribution in [0.4, 0.5) is 11.4 Å². The molecule has 0 aliphatic carbocycles. The molecule has 0 spiro atoms. The maximum Gasteiger partial charge on any atom is 0.253 e. The largest absolute Gasteiger partial charge is 0.365 e. The van der Waals surface area contributed by atoms with Gasteiger partial charge in [-0.3, -0.25) is 9.59 Å². The molecular weight excluding hydrogens is 338 g/mol. The van der Waals surface area contributed by atoms with Crippen molar-refractivity contribution in [3.8, 4) is 0 Å². The Kier molecular flexibility index (Phi) is 6.12. The Morgan fingerprint density at radius 2 is 1.78 bits per heavy atom. The molecule has 1 saturated heterocycles. The minimum atomic E-state index is -0.113. The van der Waals surface area contributed by atoms with Crippen molar-refractivity contribution in [1.82, 2.24) is 4.90 Å². The Bertz CT molecular complexity index is 783. The summed E-state index contributed by atoms with van der Waals surface area (Å²) in [5.74, 6) is 0.610. The number of anilines is 2. The van der Waals surface area contributed by atoms with Gasteiger partial charge in [0, 0.05) is 37.1 Å². The standard InChI is InChI=1S/C22H27N3O2/c1-17-11-13-25(14-12-17)22(27)18-7-6-8-19(15-18)23-21(26)16-24(2)20-9-4-3-5-10-20/h3-10,15,17H,11-14,16H2,1-2H3,(H,23,26). The zero-order valence-corrected chi connectivity index (χ0v) is 16.0. The number of piperidine rings is 1. The molecule has 0 radical (unpaired) electrons. The molecule has 5 heteroatoms. The molecule has 0 saturated carbocycles. The number of para-hydroxylation sites is 1. The molecule has 2 aromatic rings. The summed E-state index contributed by atoms with van der Waals surface area (Å²) in [7, 11) is 1.88. The summed E-state index contributed by atoms with van der Waals surface area (Å²) >= 11 is 0. The molecule has 2 aromatic carbocycles. The van der Waals surface area contributed by atoms with Gasteiger partial charge in [0.25, 0.3) is 5.91 Å². The van der Waals surface area contributed by atoms with Gasteiger partial charge in [-0.15, -0.1) is 0 Å². The van der Waals surface area contributed by atoms with E-state index in [-0.39, 0.29) is 18.4 Å². The molecule has 0 bridgehead atoms. The maximum absolute atomic E-state index is 12.7. The summed E-state index contributed by atoms with van der Waals surface area (Å²) in [6.07, 6.45) is 2.10. The summed E-state index contributed by atoms with van der Waals surface area (Å²) in [6.45, 7) is 4.08. The number of amides is 2. The third-order valence-electron chi connectivity index (χ3n) is 5.04. The summed E-state index contributed by atoms with van der Waals surface area (Å²) in [5.41, 5.74) is 2.26. The second kappa shape index (κ2) is 8.71. The Morgan fingerprint density at radius 3 is 2.48 bits per heavy atom. The summed E-state index contributed by atoms with van der Waals surface area (Å²) in [5, 5.41) is 2.90. The van der Waals surface area contributed by atoms with Gasteiger partial charge in [0.05, 0.1) is 6.54 Å². The smallest absolute Gasteiger partial charge is 0.253 e. The van der Waals surface area contributed by atoms with Gasteiger partial charge in [0.1, 0.15) is 0 Å². The van der Waals surface area contributed by atoms with Gasteiger partial charge in [-0.25, -0.2) is 0 Å². The van der Waals surface area contributed by atoms with Crippen molar-refractivity contribution in [2.75, 3.05) is 36.9 Å². The van der Waals surface area contributed by atoms with E-state index in [2.05, 4.69) is 12.2 Å². The third-order valence-corrected chi connectivity index (χ3v) is 5.04. The zero-order valence-electron chi connectivity index (χ0n) is 16.0. The van der Waals surface area contributed by atoms with E-state index in [0.29, 0.717) is 17.2 Å². The highest BCUT2D eigenvalue weighted by Gasteiger charge is 2.21. The van der Waals surface area contributed by atoms with Crippen LogP contribution in [-0.2, 0) is 4.79 Å². The molecule has 3 rings (SSSR count). The zero-order chi connectivity index (χ0) is 19.2. The predicted octanol–water partition coefficient (Wildman–Crippen LogP) is 3.63. The number of nitrogens with one attached hydrogen (secondary N) is 1. The molecule has 0 atom stereocenters. The number of carbonyl (C=O) groups excluding carboxylic acids is 2. The molecular formula is C22H27N3O2. The van der Waals surface area contributed by atoms with Gasteiger partial charge in [0.15, 0.2) is 0 Å². The van der Waals surface area contributed by atoms with Crippen LogP contribution in [0.5, 0.6) is 0 Å². The number of likely N-dealkylation sites (tertiary alicyclic amines) is 1. The first-order valence-electron chi connectivity index (χ1n) is 9.48. The molecule has 1 fully saturated rings. The Morgan fingerprint density at radius 1 is 1.07 bits per heavy atom. The van der Waals surface area contributed by atoms with Crippen molar-refractivity contribution < 1.29 is 9.59 Å². The molecule has 0 unspecified atom stereocenters. The van der Waals surface area contributed by atoms with Crippen molar-refractivity contribution in [3.63, 3.8) is 0 Å². The number of likely N-dealkylation sites (N-methyl/N-ethyl adjacent to an activating group) is 1. The van der Waals surface area contributed by atoms with Crippen molar-refractivity contribution >= 4 is 23.2 Å². The number of rotatable bonds is 5. The summed E-state index contributed by atoms with van der Waals surface area (Å²) in [6, 6.07) is 17.0. The Hall–Kier alpha value is -2.82. The van der Waals surface area contributed by atoms with Crippen molar-refractivity contribution in [1.29, 1.82) is 0 Å². The molecule has 1 N–H and O–H groups in total. The van der Waals surface area contributed by atoms with Crippen LogP contribution in [0.1, 0.15) is 30.1 Å². The lowest BCUT2D eigenvalue weighted by molar-refractivity contribution is -0.114. The first kappa shape index (κ1) is 19.0. The van der Waals surface area contributed by atoms with E-state index in [4.69, 9.17) is 0 Å². The minimum Gasteiger partial charge on any atom is -0.365 e. The monoisotopic (exact) mass is 365 g/mol. The maximum atomic E-state index is 12.7. The second-order valence-corrected chi connectivity index (χ2v) is 7.30. The van der Waals surface area contributed by atoms with Gasteiger partial charge in [0.2, 0.25) is 5.91 Å². The molecule has 5 nitrogen and oxygen atoms in total. The van der Waals surface area contributed by atoms with Crippen LogP contribution in [0.15, 0.2) is 54.6 Å². The van der Waals surface area contributed by atoms with E-state index in [1.165, 1.54) is 0 Å². The lowest BCUT2D eigenvalue weighted by Crippen LogP contribution is -2.37.